The van der Waals surface area contributed by atoms with Crippen LogP contribution >= 0.6 is 26.6 Å². The second kappa shape index (κ2) is 5.97. The van der Waals surface area contributed by atoms with Crippen molar-refractivity contribution in [3.05, 3.63) is 28.0 Å². The second-order valence-electron chi connectivity index (χ2n) is 4.24. The van der Waals surface area contributed by atoms with Gasteiger partial charge in [0.25, 0.3) is 15.0 Å². The second-order valence-corrected chi connectivity index (χ2v) is 7.56. The Balaban J connectivity index is 2.36. The van der Waals surface area contributed by atoms with Crippen molar-refractivity contribution in [3.8, 4) is 0 Å². The van der Waals surface area contributed by atoms with Crippen LogP contribution in [0.3, 0.4) is 0 Å². The van der Waals surface area contributed by atoms with Gasteiger partial charge in [-0.25, -0.2) is 12.8 Å². The minimum atomic E-state index is -4.16. The molecule has 1 saturated heterocycles. The van der Waals surface area contributed by atoms with Crippen LogP contribution < -0.4 is 5.32 Å². The number of benzene rings is 1. The molecule has 1 fully saturated rings. The fraction of sp³-hybridized carbons (Fsp3) is 0.364. The van der Waals surface area contributed by atoms with Gasteiger partial charge in [-0.05, 0) is 34.5 Å². The van der Waals surface area contributed by atoms with E-state index in [0.717, 1.165) is 12.1 Å². The molecule has 1 heterocycles. The quantitative estimate of drug-likeness (QED) is 0.807. The number of carbonyl (C=O) groups excluding carboxylic acids is 1. The van der Waals surface area contributed by atoms with Crippen LogP contribution in [-0.2, 0) is 13.8 Å². The zero-order valence-electron chi connectivity index (χ0n) is 10.0. The largest absolute Gasteiger partial charge is 0.379 e. The number of hydrogen-bond acceptors (Lipinski definition) is 4. The van der Waals surface area contributed by atoms with Crippen LogP contribution in [0, 0.1) is 5.82 Å². The Morgan fingerprint density at radius 2 is 2.20 bits per heavy atom. The molecule has 0 spiro atoms. The summed E-state index contributed by atoms with van der Waals surface area (Å²) in [5, 5.41) is 2.64. The van der Waals surface area contributed by atoms with Crippen LogP contribution in [0.4, 0.5) is 4.39 Å². The van der Waals surface area contributed by atoms with Crippen molar-refractivity contribution in [1.29, 1.82) is 0 Å². The highest BCUT2D eigenvalue weighted by atomic mass is 79.9. The van der Waals surface area contributed by atoms with E-state index in [4.69, 9.17) is 15.4 Å². The molecule has 0 radical (unpaired) electrons. The fourth-order valence-corrected chi connectivity index (χ4v) is 4.09. The van der Waals surface area contributed by atoms with Crippen LogP contribution in [0.1, 0.15) is 16.8 Å². The molecule has 1 aliphatic rings. The van der Waals surface area contributed by atoms with Crippen molar-refractivity contribution < 1.29 is 22.3 Å². The number of halogens is 3. The first-order valence-electron chi connectivity index (χ1n) is 5.61. The van der Waals surface area contributed by atoms with Crippen molar-refractivity contribution in [2.75, 3.05) is 13.2 Å². The zero-order valence-corrected chi connectivity index (χ0v) is 13.2. The lowest BCUT2D eigenvalue weighted by Gasteiger charge is -2.13. The van der Waals surface area contributed by atoms with Crippen LogP contribution in [0.2, 0.25) is 0 Å². The maximum Gasteiger partial charge on any atom is 0.262 e. The summed E-state index contributed by atoms with van der Waals surface area (Å²) < 4.78 is 41.2. The lowest BCUT2D eigenvalue weighted by atomic mass is 10.2. The molecule has 0 bridgehead atoms. The highest BCUT2D eigenvalue weighted by molar-refractivity contribution is 9.10. The predicted octanol–water partition coefficient (Wildman–Crippen LogP) is 2.03. The molecule has 110 valence electrons. The van der Waals surface area contributed by atoms with Crippen molar-refractivity contribution in [3.63, 3.8) is 0 Å². The Morgan fingerprint density at radius 3 is 2.75 bits per heavy atom. The van der Waals surface area contributed by atoms with Crippen molar-refractivity contribution >= 4 is 41.6 Å². The summed E-state index contributed by atoms with van der Waals surface area (Å²) in [7, 11) is 1.05. The Labute approximate surface area is 128 Å². The Hall–Kier alpha value is -0.700. The van der Waals surface area contributed by atoms with Gasteiger partial charge >= 0.3 is 0 Å². The number of rotatable bonds is 3. The molecular weight excluding hydrogens is 377 g/mol. The molecule has 0 aliphatic carbocycles. The van der Waals surface area contributed by atoms with Crippen molar-refractivity contribution in [1.82, 2.24) is 5.32 Å². The van der Waals surface area contributed by atoms with Crippen molar-refractivity contribution in [2.24, 2.45) is 0 Å². The number of amides is 1. The summed E-state index contributed by atoms with van der Waals surface area (Å²) in [4.78, 5) is 11.6. The first kappa shape index (κ1) is 15.7. The molecule has 1 aliphatic heterocycles. The van der Waals surface area contributed by atoms with Crippen LogP contribution in [-0.4, -0.2) is 33.6 Å². The number of nitrogens with one attached hydrogen (secondary N) is 1. The van der Waals surface area contributed by atoms with Gasteiger partial charge in [-0.15, -0.1) is 0 Å². The van der Waals surface area contributed by atoms with Gasteiger partial charge in [0.05, 0.1) is 22.7 Å². The van der Waals surface area contributed by atoms with E-state index in [1.807, 2.05) is 0 Å². The predicted molar refractivity (Wildman–Crippen MR) is 73.8 cm³/mol. The molecule has 2 rings (SSSR count). The van der Waals surface area contributed by atoms with Gasteiger partial charge in [-0.2, -0.15) is 0 Å². The van der Waals surface area contributed by atoms with E-state index < -0.39 is 25.7 Å². The first-order valence-corrected chi connectivity index (χ1v) is 8.71. The Bertz CT molecular complexity index is 646. The van der Waals surface area contributed by atoms with E-state index >= 15 is 0 Å². The number of ether oxygens (including phenoxy) is 1. The molecule has 1 aromatic rings. The topological polar surface area (TPSA) is 72.5 Å². The molecule has 5 nitrogen and oxygen atoms in total. The van der Waals surface area contributed by atoms with Gasteiger partial charge in [0.15, 0.2) is 0 Å². The lowest BCUT2D eigenvalue weighted by molar-refractivity contribution is 0.0928. The standard InChI is InChI=1S/C11H10BrClFNO4S/c12-10-8(11(16)15-7-1-2-19-5-7)3-6(14)4-9(10)20(13,17)18/h3-4,7H,1-2,5H2,(H,15,16). The Kier molecular flexibility index (Phi) is 4.68. The average Bonchev–Trinajstić information content (AvgIpc) is 2.83. The SMILES string of the molecule is O=C(NC1CCOC1)c1cc(F)cc(S(=O)(=O)Cl)c1Br. The summed E-state index contributed by atoms with van der Waals surface area (Å²) in [5.41, 5.74) is -0.129. The van der Waals surface area contributed by atoms with E-state index in [-0.39, 0.29) is 16.1 Å². The highest BCUT2D eigenvalue weighted by Gasteiger charge is 2.25. The number of carbonyl (C=O) groups is 1. The van der Waals surface area contributed by atoms with Crippen molar-refractivity contribution in [2.45, 2.75) is 17.4 Å². The third kappa shape index (κ3) is 3.49. The fourth-order valence-electron chi connectivity index (χ4n) is 1.82. The van der Waals surface area contributed by atoms with E-state index in [0.29, 0.717) is 19.6 Å². The van der Waals surface area contributed by atoms with Gasteiger partial charge in [0, 0.05) is 17.3 Å². The molecule has 1 amide bonds. The summed E-state index contributed by atoms with van der Waals surface area (Å²) in [6.45, 7) is 0.913. The van der Waals surface area contributed by atoms with E-state index in [1.54, 1.807) is 0 Å². The zero-order chi connectivity index (χ0) is 14.9. The molecule has 0 saturated carbocycles. The summed E-state index contributed by atoms with van der Waals surface area (Å²) in [6.07, 6.45) is 0.652. The van der Waals surface area contributed by atoms with Crippen LogP contribution in [0.5, 0.6) is 0 Å². The average molecular weight is 387 g/mol. The van der Waals surface area contributed by atoms with E-state index in [1.165, 1.54) is 0 Å². The van der Waals surface area contributed by atoms with Crippen LogP contribution in [0.25, 0.3) is 0 Å². The third-order valence-corrected chi connectivity index (χ3v) is 5.24. The van der Waals surface area contributed by atoms with E-state index in [9.17, 15) is 17.6 Å². The molecular formula is C11H10BrClFNO4S. The third-order valence-electron chi connectivity index (χ3n) is 2.78. The number of hydrogen-bond donors (Lipinski definition) is 1. The minimum Gasteiger partial charge on any atom is -0.379 e. The van der Waals surface area contributed by atoms with Gasteiger partial charge in [-0.1, -0.05) is 0 Å². The Morgan fingerprint density at radius 1 is 1.50 bits per heavy atom. The van der Waals surface area contributed by atoms with Gasteiger partial charge in [0.2, 0.25) is 0 Å². The maximum atomic E-state index is 13.5. The summed E-state index contributed by atoms with van der Waals surface area (Å²) >= 11 is 2.98. The molecule has 20 heavy (non-hydrogen) atoms. The maximum absolute atomic E-state index is 13.5. The summed E-state index contributed by atoms with van der Waals surface area (Å²) in [6, 6.07) is 1.52. The summed E-state index contributed by atoms with van der Waals surface area (Å²) in [5.74, 6) is -1.45. The lowest BCUT2D eigenvalue weighted by Crippen LogP contribution is -2.35. The molecule has 1 aromatic carbocycles. The van der Waals surface area contributed by atoms with Gasteiger partial charge < -0.3 is 10.1 Å². The molecule has 9 heteroatoms. The van der Waals surface area contributed by atoms with E-state index in [2.05, 4.69) is 21.2 Å². The first-order chi connectivity index (χ1) is 9.29. The highest BCUT2D eigenvalue weighted by Crippen LogP contribution is 2.30. The minimum absolute atomic E-state index is 0.0645. The van der Waals surface area contributed by atoms with Gasteiger partial charge in [-0.3, -0.25) is 4.79 Å². The molecule has 1 N–H and O–H groups in total. The molecule has 1 unspecified atom stereocenters. The smallest absolute Gasteiger partial charge is 0.262 e. The molecule has 0 aromatic heterocycles. The monoisotopic (exact) mass is 385 g/mol. The normalized spacial score (nSPS) is 19.1. The molecule has 1 atom stereocenters. The van der Waals surface area contributed by atoms with Crippen LogP contribution in [0.15, 0.2) is 21.5 Å². The van der Waals surface area contributed by atoms with Gasteiger partial charge in [0.1, 0.15) is 10.7 Å².